The van der Waals surface area contributed by atoms with Crippen molar-refractivity contribution in [3.05, 3.63) is 42.5 Å². The van der Waals surface area contributed by atoms with Gasteiger partial charge in [-0.25, -0.2) is 8.42 Å². The Kier molecular flexibility index (Phi) is 9.94. The molecular weight excluding hydrogens is 675 g/mol. The first kappa shape index (κ1) is 37.8. The molecule has 0 aromatic heterocycles. The second-order valence-electron chi connectivity index (χ2n) is 8.21. The summed E-state index contributed by atoms with van der Waals surface area (Å²) in [6, 6.07) is 15.1. The molecule has 0 aliphatic heterocycles. The number of rotatable bonds is 8. The number of alkyl halides is 17. The molecular formula is C20H13F17O3S2. The van der Waals surface area contributed by atoms with Crippen molar-refractivity contribution in [1.82, 2.24) is 0 Å². The Morgan fingerprint density at radius 3 is 1.29 bits per heavy atom. The fraction of sp³-hybridized carbons (Fsp3) is 0.500. The van der Waals surface area contributed by atoms with Crippen molar-refractivity contribution in [2.24, 2.45) is 0 Å². The molecule has 0 saturated heterocycles. The van der Waals surface area contributed by atoms with E-state index in [0.29, 0.717) is 10.9 Å². The van der Waals surface area contributed by atoms with Crippen LogP contribution in [0.4, 0.5) is 74.6 Å². The van der Waals surface area contributed by atoms with Crippen LogP contribution in [0.1, 0.15) is 0 Å². The third-order valence-electron chi connectivity index (χ3n) is 5.20. The zero-order chi connectivity index (χ0) is 33.8. The maximum absolute atomic E-state index is 13.0. The third-order valence-corrected chi connectivity index (χ3v) is 7.32. The fourth-order valence-corrected chi connectivity index (χ4v) is 4.28. The monoisotopic (exact) mass is 688 g/mol. The minimum atomic E-state index is -8.92. The minimum Gasteiger partial charge on any atom is -0.743 e. The number of hydrogen-bond acceptors (Lipinski definition) is 3. The molecule has 0 fully saturated rings. The standard InChI is InChI=1S/C12H13S.C8HF17O3S/c1-13(2)12-9-5-7-10-6-3-4-8-11(10)12;9-1(10,3(13,14)5(17,18)7(21,22)23)2(11,12)4(15,16)6(19,20)8(24,25)29(26,27)28/h3-9H,1-2H3;(H,26,27,28)/q+1;/p-1. The van der Waals surface area contributed by atoms with Gasteiger partial charge < -0.3 is 4.55 Å². The Hall–Kier alpha value is -2.23. The lowest BCUT2D eigenvalue weighted by Gasteiger charge is -2.42. The fourth-order valence-electron chi connectivity index (χ4n) is 2.86. The molecule has 0 atom stereocenters. The molecule has 2 aromatic carbocycles. The van der Waals surface area contributed by atoms with Gasteiger partial charge in [0.2, 0.25) is 0 Å². The van der Waals surface area contributed by atoms with E-state index in [4.69, 9.17) is 0 Å². The van der Waals surface area contributed by atoms with Crippen LogP contribution in [-0.4, -0.2) is 72.4 Å². The Balaban J connectivity index is 0.000000554. The van der Waals surface area contributed by atoms with E-state index in [1.807, 2.05) is 0 Å². The van der Waals surface area contributed by atoms with Crippen molar-refractivity contribution in [2.45, 2.75) is 51.9 Å². The summed E-state index contributed by atoms with van der Waals surface area (Å²) in [6.07, 6.45) is -3.36. The molecule has 2 rings (SSSR count). The largest absolute Gasteiger partial charge is 0.743 e. The van der Waals surface area contributed by atoms with Crippen LogP contribution in [-0.2, 0) is 21.0 Å². The molecule has 0 spiro atoms. The van der Waals surface area contributed by atoms with Crippen LogP contribution in [0.2, 0.25) is 0 Å². The smallest absolute Gasteiger partial charge is 0.460 e. The van der Waals surface area contributed by atoms with Gasteiger partial charge in [0.1, 0.15) is 12.5 Å². The number of halogens is 17. The predicted molar refractivity (Wildman–Crippen MR) is 112 cm³/mol. The third kappa shape index (κ3) is 5.69. The van der Waals surface area contributed by atoms with Crippen molar-refractivity contribution < 1.29 is 87.6 Å². The first-order valence-corrected chi connectivity index (χ1v) is 13.5. The van der Waals surface area contributed by atoms with Crippen LogP contribution in [0, 0.1) is 0 Å². The summed E-state index contributed by atoms with van der Waals surface area (Å²) in [5.74, 6) is -52.1. The van der Waals surface area contributed by atoms with E-state index < -0.39 is 57.1 Å². The highest BCUT2D eigenvalue weighted by molar-refractivity contribution is 7.95. The van der Waals surface area contributed by atoms with Crippen LogP contribution in [0.5, 0.6) is 0 Å². The Morgan fingerprint density at radius 1 is 0.548 bits per heavy atom. The van der Waals surface area contributed by atoms with Gasteiger partial charge in [-0.2, -0.15) is 74.6 Å². The molecule has 0 heterocycles. The highest BCUT2D eigenvalue weighted by Gasteiger charge is 2.95. The second kappa shape index (κ2) is 11.0. The highest BCUT2D eigenvalue weighted by atomic mass is 32.2. The van der Waals surface area contributed by atoms with Crippen LogP contribution in [0.3, 0.4) is 0 Å². The lowest BCUT2D eigenvalue weighted by Crippen LogP contribution is -2.75. The predicted octanol–water partition coefficient (Wildman–Crippen LogP) is 7.58. The molecule has 2 aromatic rings. The number of benzene rings is 2. The summed E-state index contributed by atoms with van der Waals surface area (Å²) >= 11 is 0. The zero-order valence-electron chi connectivity index (χ0n) is 20.0. The van der Waals surface area contributed by atoms with Crippen molar-refractivity contribution in [3.8, 4) is 0 Å². The van der Waals surface area contributed by atoms with E-state index in [0.717, 1.165) is 0 Å². The summed E-state index contributed by atoms with van der Waals surface area (Å²) in [5.41, 5.74) is 0. The van der Waals surface area contributed by atoms with Crippen molar-refractivity contribution in [1.29, 1.82) is 0 Å². The first-order valence-electron chi connectivity index (χ1n) is 10.0. The topological polar surface area (TPSA) is 57.2 Å². The van der Waals surface area contributed by atoms with Gasteiger partial charge in [-0.3, -0.25) is 0 Å². The SMILES string of the molecule is C[S+](C)c1cccc2ccccc12.O=S(=O)([O-])C(F)(F)C(F)(F)C(F)(F)C(F)(F)C(F)(F)C(F)(F)C(F)(F)C(F)(F)F. The van der Waals surface area contributed by atoms with Crippen LogP contribution >= 0.6 is 0 Å². The summed E-state index contributed by atoms with van der Waals surface area (Å²) in [4.78, 5) is 1.47. The molecule has 42 heavy (non-hydrogen) atoms. The van der Waals surface area contributed by atoms with Gasteiger partial charge in [-0.1, -0.05) is 30.3 Å². The van der Waals surface area contributed by atoms with Gasteiger partial charge in [0.05, 0.1) is 0 Å². The van der Waals surface area contributed by atoms with Crippen molar-refractivity contribution in [2.75, 3.05) is 12.5 Å². The molecule has 0 radical (unpaired) electrons. The molecule has 0 N–H and O–H groups in total. The molecule has 242 valence electrons. The molecule has 0 aliphatic carbocycles. The molecule has 0 amide bonds. The van der Waals surface area contributed by atoms with Gasteiger partial charge in [-0.15, -0.1) is 0 Å². The van der Waals surface area contributed by atoms with Crippen LogP contribution in [0.15, 0.2) is 47.4 Å². The van der Waals surface area contributed by atoms with Crippen LogP contribution < -0.4 is 0 Å². The summed E-state index contributed by atoms with van der Waals surface area (Å²) in [6.45, 7) is 0. The number of hydrogen-bond donors (Lipinski definition) is 0. The summed E-state index contributed by atoms with van der Waals surface area (Å²) in [7, 11) is -7.80. The minimum absolute atomic E-state index is 0.346. The number of fused-ring (bicyclic) bond motifs is 1. The van der Waals surface area contributed by atoms with Gasteiger partial charge in [0, 0.05) is 16.3 Å². The lowest BCUT2D eigenvalue weighted by atomic mass is 9.91. The first-order chi connectivity index (χ1) is 18.3. The molecule has 3 nitrogen and oxygen atoms in total. The Morgan fingerprint density at radius 2 is 0.905 bits per heavy atom. The van der Waals surface area contributed by atoms with E-state index in [2.05, 4.69) is 55.0 Å². The quantitative estimate of drug-likeness (QED) is 0.163. The molecule has 22 heteroatoms. The normalized spacial score (nSPS) is 15.1. The average molecular weight is 688 g/mol. The average Bonchev–Trinajstić information content (AvgIpc) is 2.81. The van der Waals surface area contributed by atoms with Crippen molar-refractivity contribution >= 4 is 31.8 Å². The van der Waals surface area contributed by atoms with E-state index in [9.17, 15) is 87.6 Å². The Labute approximate surface area is 226 Å². The van der Waals surface area contributed by atoms with Gasteiger partial charge in [-0.05, 0) is 17.5 Å². The second-order valence-corrected chi connectivity index (χ2v) is 11.7. The molecule has 0 unspecified atom stereocenters. The van der Waals surface area contributed by atoms with E-state index in [1.54, 1.807) is 0 Å². The van der Waals surface area contributed by atoms with E-state index >= 15 is 0 Å². The van der Waals surface area contributed by atoms with E-state index in [-0.39, 0.29) is 0 Å². The van der Waals surface area contributed by atoms with Gasteiger partial charge >= 0.3 is 47.0 Å². The summed E-state index contributed by atoms with van der Waals surface area (Å²) in [5, 5.41) is -5.20. The molecule has 0 saturated carbocycles. The van der Waals surface area contributed by atoms with E-state index in [1.165, 1.54) is 15.7 Å². The van der Waals surface area contributed by atoms with Gasteiger partial charge in [0.15, 0.2) is 15.0 Å². The lowest BCUT2D eigenvalue weighted by molar-refractivity contribution is -0.458. The maximum Gasteiger partial charge on any atom is 0.460 e. The highest BCUT2D eigenvalue weighted by Crippen LogP contribution is 2.64. The molecule has 0 aliphatic rings. The molecule has 0 bridgehead atoms. The van der Waals surface area contributed by atoms with Gasteiger partial charge in [0.25, 0.3) is 0 Å². The van der Waals surface area contributed by atoms with Crippen molar-refractivity contribution in [3.63, 3.8) is 0 Å². The Bertz CT molecular complexity index is 1360. The van der Waals surface area contributed by atoms with Crippen LogP contribution in [0.25, 0.3) is 10.8 Å². The zero-order valence-corrected chi connectivity index (χ0v) is 21.6. The maximum atomic E-state index is 13.0. The summed E-state index contributed by atoms with van der Waals surface area (Å²) < 4.78 is 244.